The Morgan fingerprint density at radius 2 is 1.61 bits per heavy atom. The summed E-state index contributed by atoms with van der Waals surface area (Å²) in [5.41, 5.74) is 4.25. The molecule has 0 aliphatic carbocycles. The number of benzene rings is 1. The van der Waals surface area contributed by atoms with E-state index >= 15 is 0 Å². The fourth-order valence-corrected chi connectivity index (χ4v) is 7.57. The molecule has 1 aromatic carbocycles. The minimum Gasteiger partial charge on any atom is -0.465 e. The number of allylic oxidation sites excluding steroid dienone is 1. The monoisotopic (exact) mass is 555 g/mol. The lowest BCUT2D eigenvalue weighted by Crippen LogP contribution is -2.46. The first-order chi connectivity index (χ1) is 17.4. The van der Waals surface area contributed by atoms with Gasteiger partial charge in [-0.15, -0.1) is 0 Å². The third-order valence-corrected chi connectivity index (χ3v) is 18.5. The van der Waals surface area contributed by atoms with Crippen molar-refractivity contribution < 1.29 is 18.8 Å². The standard InChI is InChI=1S/C31H49NO4Si2/c1-13-23(22-33)24(29(34)35-8)18-19-28-26(20-21-36-38(11,12)31(5,6)7)25-16-14-15-17-27(25)32(28)37(9,10)30(2,3)4/h14-19,22H,13,20-21H2,1-12H3/b19-18+,24-23+. The molecule has 0 bridgehead atoms. The average molecular weight is 556 g/mol. The lowest BCUT2D eigenvalue weighted by Gasteiger charge is -2.39. The van der Waals surface area contributed by atoms with Crippen LogP contribution in [-0.4, -0.2) is 46.8 Å². The molecule has 0 saturated heterocycles. The number of para-hydroxylation sites is 1. The van der Waals surface area contributed by atoms with Gasteiger partial charge in [0.2, 0.25) is 0 Å². The molecule has 2 rings (SSSR count). The van der Waals surface area contributed by atoms with Gasteiger partial charge in [-0.05, 0) is 59.8 Å². The summed E-state index contributed by atoms with van der Waals surface area (Å²) in [4.78, 5) is 24.4. The Hall–Kier alpha value is -2.23. The summed E-state index contributed by atoms with van der Waals surface area (Å²) in [7, 11) is -2.65. The Bertz CT molecular complexity index is 1220. The minimum absolute atomic E-state index is 0.0741. The largest absolute Gasteiger partial charge is 0.465 e. The molecule has 1 aromatic heterocycles. The van der Waals surface area contributed by atoms with E-state index in [1.54, 1.807) is 6.08 Å². The van der Waals surface area contributed by atoms with Crippen molar-refractivity contribution in [2.24, 2.45) is 0 Å². The van der Waals surface area contributed by atoms with Gasteiger partial charge >= 0.3 is 5.97 Å². The second-order valence-corrected chi connectivity index (χ2v) is 23.0. The van der Waals surface area contributed by atoms with Crippen molar-refractivity contribution in [3.05, 3.63) is 52.7 Å². The summed E-state index contributed by atoms with van der Waals surface area (Å²) in [5.74, 6) is -0.497. The van der Waals surface area contributed by atoms with Crippen molar-refractivity contribution in [2.45, 2.75) is 97.6 Å². The summed E-state index contributed by atoms with van der Waals surface area (Å²) in [5, 5.41) is 1.42. The number of esters is 1. The number of hydrogen-bond acceptors (Lipinski definition) is 4. The summed E-state index contributed by atoms with van der Waals surface area (Å²) < 4.78 is 14.2. The van der Waals surface area contributed by atoms with Crippen LogP contribution < -0.4 is 0 Å². The molecule has 2 aromatic rings. The van der Waals surface area contributed by atoms with Gasteiger partial charge in [0.25, 0.3) is 0 Å². The number of methoxy groups -OCH3 is 1. The molecular weight excluding hydrogens is 507 g/mol. The number of aromatic nitrogens is 1. The normalized spacial score (nSPS) is 14.2. The lowest BCUT2D eigenvalue weighted by molar-refractivity contribution is -0.135. The van der Waals surface area contributed by atoms with Gasteiger partial charge in [0.15, 0.2) is 16.6 Å². The molecule has 7 heteroatoms. The van der Waals surface area contributed by atoms with E-state index in [0.29, 0.717) is 24.2 Å². The second kappa shape index (κ2) is 11.9. The van der Waals surface area contributed by atoms with Crippen molar-refractivity contribution in [3.8, 4) is 0 Å². The first-order valence-corrected chi connectivity index (χ1v) is 19.5. The van der Waals surface area contributed by atoms with Crippen LogP contribution in [-0.2, 0) is 25.2 Å². The lowest BCUT2D eigenvalue weighted by atomic mass is 10.0. The van der Waals surface area contributed by atoms with Gasteiger partial charge in [0, 0.05) is 28.8 Å². The van der Waals surface area contributed by atoms with Gasteiger partial charge in [-0.2, -0.15) is 0 Å². The van der Waals surface area contributed by atoms with Crippen molar-refractivity contribution in [1.29, 1.82) is 0 Å². The highest BCUT2D eigenvalue weighted by atomic mass is 28.4. The number of ether oxygens (including phenoxy) is 1. The van der Waals surface area contributed by atoms with Gasteiger partial charge in [-0.3, -0.25) is 4.79 Å². The number of nitrogens with zero attached hydrogens (tertiary/aromatic N) is 1. The molecule has 0 aliphatic rings. The van der Waals surface area contributed by atoms with Gasteiger partial charge in [-0.25, -0.2) is 4.79 Å². The van der Waals surface area contributed by atoms with E-state index in [2.05, 4.69) is 96.2 Å². The highest BCUT2D eigenvalue weighted by Crippen LogP contribution is 2.42. The fourth-order valence-electron chi connectivity index (χ4n) is 4.24. The summed E-state index contributed by atoms with van der Waals surface area (Å²) in [6.07, 6.45) is 5.77. The fraction of sp³-hybridized carbons (Fsp3) is 0.548. The van der Waals surface area contributed by atoms with Crippen molar-refractivity contribution in [3.63, 3.8) is 0 Å². The zero-order chi connectivity index (χ0) is 29.1. The molecule has 1 heterocycles. The predicted molar refractivity (Wildman–Crippen MR) is 166 cm³/mol. The molecule has 0 fully saturated rings. The molecule has 38 heavy (non-hydrogen) atoms. The van der Waals surface area contributed by atoms with Gasteiger partial charge in [-0.1, -0.05) is 79.8 Å². The molecule has 0 N–H and O–H groups in total. The average Bonchev–Trinajstić information content (AvgIpc) is 3.13. The minimum atomic E-state index is -2.09. The third-order valence-electron chi connectivity index (χ3n) is 8.72. The topological polar surface area (TPSA) is 57.5 Å². The van der Waals surface area contributed by atoms with Crippen LogP contribution in [0, 0.1) is 0 Å². The van der Waals surface area contributed by atoms with Gasteiger partial charge in [0.1, 0.15) is 6.29 Å². The van der Waals surface area contributed by atoms with Crippen molar-refractivity contribution >= 4 is 45.8 Å². The van der Waals surface area contributed by atoms with E-state index < -0.39 is 22.5 Å². The van der Waals surface area contributed by atoms with Crippen molar-refractivity contribution in [2.75, 3.05) is 13.7 Å². The molecule has 0 amide bonds. The van der Waals surface area contributed by atoms with Crippen LogP contribution in [0.15, 0.2) is 41.5 Å². The maximum atomic E-state index is 12.7. The van der Waals surface area contributed by atoms with E-state index in [4.69, 9.17) is 9.16 Å². The zero-order valence-corrected chi connectivity index (χ0v) is 27.7. The highest BCUT2D eigenvalue weighted by Gasteiger charge is 2.41. The molecule has 0 unspecified atom stereocenters. The second-order valence-electron chi connectivity index (χ2n) is 13.1. The van der Waals surface area contributed by atoms with Crippen molar-refractivity contribution in [1.82, 2.24) is 4.23 Å². The van der Waals surface area contributed by atoms with E-state index in [0.717, 1.165) is 18.4 Å². The maximum absolute atomic E-state index is 12.7. The van der Waals surface area contributed by atoms with Crippen LogP contribution in [0.1, 0.15) is 66.1 Å². The SMILES string of the molecule is CC/C(C=O)=C(/C=C/c1c(CCO[Si](C)(C)C(C)(C)C)c2ccccc2n1[Si](C)(C)C(C)(C)C)C(=O)OC. The number of rotatable bonds is 10. The van der Waals surface area contributed by atoms with Crippen LogP contribution in [0.25, 0.3) is 17.0 Å². The summed E-state index contributed by atoms with van der Waals surface area (Å²) in [6.45, 7) is 25.6. The molecule has 0 radical (unpaired) electrons. The van der Waals surface area contributed by atoms with E-state index in [1.807, 2.05) is 13.0 Å². The smallest absolute Gasteiger partial charge is 0.338 e. The Balaban J connectivity index is 2.83. The molecule has 0 aliphatic heterocycles. The molecule has 210 valence electrons. The predicted octanol–water partition coefficient (Wildman–Crippen LogP) is 8.15. The van der Waals surface area contributed by atoms with Crippen LogP contribution >= 0.6 is 0 Å². The zero-order valence-electron chi connectivity index (χ0n) is 25.7. The number of carbonyl (C=O) groups excluding carboxylic acids is 2. The number of aldehydes is 1. The molecular formula is C31H49NO4Si2. The van der Waals surface area contributed by atoms with Crippen LogP contribution in [0.3, 0.4) is 0 Å². The highest BCUT2D eigenvalue weighted by molar-refractivity contribution is 6.79. The molecule has 0 atom stereocenters. The maximum Gasteiger partial charge on any atom is 0.338 e. The first kappa shape index (κ1) is 32.0. The number of hydrogen-bond donors (Lipinski definition) is 0. The number of fused-ring (bicyclic) bond motifs is 1. The molecule has 0 spiro atoms. The van der Waals surface area contributed by atoms with Crippen LogP contribution in [0.2, 0.25) is 36.3 Å². The van der Waals surface area contributed by atoms with E-state index in [1.165, 1.54) is 23.6 Å². The van der Waals surface area contributed by atoms with E-state index in [9.17, 15) is 9.59 Å². The Morgan fingerprint density at radius 3 is 2.11 bits per heavy atom. The Labute approximate surface area is 232 Å². The van der Waals surface area contributed by atoms with E-state index in [-0.39, 0.29) is 10.1 Å². The number of carbonyl (C=O) groups is 2. The first-order valence-electron chi connectivity index (χ1n) is 13.7. The summed E-state index contributed by atoms with van der Waals surface area (Å²) >= 11 is 0. The molecule has 5 nitrogen and oxygen atoms in total. The molecule has 0 saturated carbocycles. The Kier molecular flexibility index (Phi) is 10.0. The third kappa shape index (κ3) is 6.49. The van der Waals surface area contributed by atoms with Crippen LogP contribution in [0.5, 0.6) is 0 Å². The van der Waals surface area contributed by atoms with Gasteiger partial charge < -0.3 is 13.4 Å². The Morgan fingerprint density at radius 1 is 1.00 bits per heavy atom. The van der Waals surface area contributed by atoms with Crippen LogP contribution in [0.4, 0.5) is 0 Å². The van der Waals surface area contributed by atoms with Gasteiger partial charge in [0.05, 0.1) is 12.7 Å². The summed E-state index contributed by atoms with van der Waals surface area (Å²) in [6, 6.07) is 8.57. The quantitative estimate of drug-likeness (QED) is 0.0976.